The highest BCUT2D eigenvalue weighted by Crippen LogP contribution is 2.29. The van der Waals surface area contributed by atoms with Gasteiger partial charge in [-0.05, 0) is 25.3 Å². The van der Waals surface area contributed by atoms with Gasteiger partial charge in [-0.1, -0.05) is 0 Å². The van der Waals surface area contributed by atoms with Crippen LogP contribution in [-0.4, -0.2) is 30.3 Å². The first-order valence-electron chi connectivity index (χ1n) is 7.34. The molecule has 0 saturated heterocycles. The standard InChI is InChI=1S/C15H16N6O/c1-20-13-5-2-4-12(10(13)8-17-20)19-15(22)11-9-18-21-7-3-6-16-14(11)21/h3,6-9,12H,2,4-5H2,1H3,(H,19,22). The van der Waals surface area contributed by atoms with E-state index in [9.17, 15) is 4.79 Å². The Bertz CT molecular complexity index is 849. The third-order valence-corrected chi connectivity index (χ3v) is 4.20. The summed E-state index contributed by atoms with van der Waals surface area (Å²) in [5.74, 6) is -0.143. The van der Waals surface area contributed by atoms with E-state index in [-0.39, 0.29) is 11.9 Å². The fourth-order valence-corrected chi connectivity index (χ4v) is 3.08. The lowest BCUT2D eigenvalue weighted by Gasteiger charge is -2.23. The van der Waals surface area contributed by atoms with Crippen LogP contribution in [0.4, 0.5) is 0 Å². The summed E-state index contributed by atoms with van der Waals surface area (Å²) in [7, 11) is 1.94. The highest BCUT2D eigenvalue weighted by molar-refractivity contribution is 5.99. The number of aromatic nitrogens is 5. The van der Waals surface area contributed by atoms with Gasteiger partial charge in [0, 0.05) is 30.7 Å². The lowest BCUT2D eigenvalue weighted by Crippen LogP contribution is -2.31. The van der Waals surface area contributed by atoms with Crippen molar-refractivity contribution >= 4 is 11.6 Å². The summed E-state index contributed by atoms with van der Waals surface area (Å²) in [5, 5.41) is 11.6. The molecule has 0 bridgehead atoms. The number of hydrogen-bond donors (Lipinski definition) is 1. The number of rotatable bonds is 2. The fraction of sp³-hybridized carbons (Fsp3) is 0.333. The van der Waals surface area contributed by atoms with Gasteiger partial charge in [0.15, 0.2) is 5.65 Å². The van der Waals surface area contributed by atoms with Gasteiger partial charge < -0.3 is 5.32 Å². The Morgan fingerprint density at radius 1 is 1.36 bits per heavy atom. The summed E-state index contributed by atoms with van der Waals surface area (Å²) >= 11 is 0. The summed E-state index contributed by atoms with van der Waals surface area (Å²) in [5.41, 5.74) is 3.39. The second-order valence-corrected chi connectivity index (χ2v) is 5.53. The van der Waals surface area contributed by atoms with Crippen LogP contribution in [0, 0.1) is 0 Å². The Morgan fingerprint density at radius 2 is 2.27 bits per heavy atom. The van der Waals surface area contributed by atoms with E-state index >= 15 is 0 Å². The lowest BCUT2D eigenvalue weighted by atomic mass is 9.93. The van der Waals surface area contributed by atoms with E-state index in [0.717, 1.165) is 24.8 Å². The average Bonchev–Trinajstić information content (AvgIpc) is 3.12. The first kappa shape index (κ1) is 13.0. The highest BCUT2D eigenvalue weighted by Gasteiger charge is 2.26. The van der Waals surface area contributed by atoms with E-state index in [1.54, 1.807) is 29.2 Å². The molecule has 1 unspecified atom stereocenters. The average molecular weight is 296 g/mol. The normalized spacial score (nSPS) is 17.4. The molecule has 7 heteroatoms. The molecule has 7 nitrogen and oxygen atoms in total. The van der Waals surface area contributed by atoms with Crippen LogP contribution in [0.15, 0.2) is 30.9 Å². The third-order valence-electron chi connectivity index (χ3n) is 4.20. The van der Waals surface area contributed by atoms with E-state index in [4.69, 9.17) is 0 Å². The van der Waals surface area contributed by atoms with Gasteiger partial charge in [0.05, 0.1) is 18.4 Å². The highest BCUT2D eigenvalue weighted by atomic mass is 16.1. The Morgan fingerprint density at radius 3 is 3.18 bits per heavy atom. The minimum Gasteiger partial charge on any atom is -0.345 e. The maximum Gasteiger partial charge on any atom is 0.257 e. The van der Waals surface area contributed by atoms with Gasteiger partial charge in [-0.2, -0.15) is 10.2 Å². The number of nitrogens with zero attached hydrogens (tertiary/aromatic N) is 5. The first-order valence-corrected chi connectivity index (χ1v) is 7.34. The van der Waals surface area contributed by atoms with Crippen LogP contribution in [0.5, 0.6) is 0 Å². The minimum atomic E-state index is -0.143. The molecule has 112 valence electrons. The second-order valence-electron chi connectivity index (χ2n) is 5.53. The zero-order chi connectivity index (χ0) is 15.1. The topological polar surface area (TPSA) is 77.1 Å². The summed E-state index contributed by atoms with van der Waals surface area (Å²) in [6, 6.07) is 1.79. The van der Waals surface area contributed by atoms with E-state index < -0.39 is 0 Å². The van der Waals surface area contributed by atoms with Gasteiger partial charge in [0.2, 0.25) is 0 Å². The monoisotopic (exact) mass is 296 g/mol. The summed E-state index contributed by atoms with van der Waals surface area (Å²) in [6.07, 6.45) is 9.84. The molecule has 3 heterocycles. The first-order chi connectivity index (χ1) is 10.7. The molecule has 1 amide bonds. The predicted octanol–water partition coefficient (Wildman–Crippen LogP) is 1.27. The Hall–Kier alpha value is -2.70. The van der Waals surface area contributed by atoms with Crippen LogP contribution in [-0.2, 0) is 13.5 Å². The molecule has 1 atom stereocenters. The molecular weight excluding hydrogens is 280 g/mol. The molecule has 0 radical (unpaired) electrons. The molecule has 1 N–H and O–H groups in total. The Labute approximate surface area is 127 Å². The van der Waals surface area contributed by atoms with Gasteiger partial charge in [-0.3, -0.25) is 9.48 Å². The molecule has 22 heavy (non-hydrogen) atoms. The SMILES string of the molecule is Cn1ncc2c1CCCC2NC(=O)c1cnn2cccnc12. The molecule has 4 rings (SSSR count). The van der Waals surface area contributed by atoms with Crippen LogP contribution >= 0.6 is 0 Å². The van der Waals surface area contributed by atoms with E-state index in [1.807, 2.05) is 17.9 Å². The lowest BCUT2D eigenvalue weighted by molar-refractivity contribution is 0.0934. The van der Waals surface area contributed by atoms with Crippen LogP contribution < -0.4 is 5.32 Å². The van der Waals surface area contributed by atoms with E-state index in [2.05, 4.69) is 20.5 Å². The maximum atomic E-state index is 12.6. The van der Waals surface area contributed by atoms with Gasteiger partial charge in [0.25, 0.3) is 5.91 Å². The largest absolute Gasteiger partial charge is 0.345 e. The molecule has 3 aromatic rings. The maximum absolute atomic E-state index is 12.6. The molecule has 0 spiro atoms. The van der Waals surface area contributed by atoms with Crippen molar-refractivity contribution in [2.75, 3.05) is 0 Å². The van der Waals surface area contributed by atoms with Crippen molar-refractivity contribution in [3.8, 4) is 0 Å². The number of carbonyl (C=O) groups excluding carboxylic acids is 1. The van der Waals surface area contributed by atoms with Crippen molar-refractivity contribution in [3.63, 3.8) is 0 Å². The molecule has 0 fully saturated rings. The van der Waals surface area contributed by atoms with Crippen molar-refractivity contribution in [3.05, 3.63) is 47.7 Å². The van der Waals surface area contributed by atoms with Gasteiger partial charge in [0.1, 0.15) is 5.56 Å². The van der Waals surface area contributed by atoms with Crippen LogP contribution in [0.2, 0.25) is 0 Å². The second kappa shape index (κ2) is 4.94. The zero-order valence-electron chi connectivity index (χ0n) is 12.2. The number of fused-ring (bicyclic) bond motifs is 2. The number of carbonyl (C=O) groups is 1. The molecule has 0 aliphatic heterocycles. The molecular formula is C15H16N6O. The fourth-order valence-electron chi connectivity index (χ4n) is 3.08. The smallest absolute Gasteiger partial charge is 0.257 e. The van der Waals surface area contributed by atoms with Gasteiger partial charge in [-0.15, -0.1) is 0 Å². The van der Waals surface area contributed by atoms with Crippen molar-refractivity contribution < 1.29 is 4.79 Å². The summed E-state index contributed by atoms with van der Waals surface area (Å²) in [6.45, 7) is 0. The van der Waals surface area contributed by atoms with Crippen molar-refractivity contribution in [2.45, 2.75) is 25.3 Å². The van der Waals surface area contributed by atoms with Crippen molar-refractivity contribution in [1.29, 1.82) is 0 Å². The van der Waals surface area contributed by atoms with Crippen molar-refractivity contribution in [2.24, 2.45) is 7.05 Å². The molecule has 1 aliphatic rings. The Balaban J connectivity index is 1.63. The van der Waals surface area contributed by atoms with E-state index in [1.165, 1.54) is 5.69 Å². The number of hydrogen-bond acceptors (Lipinski definition) is 4. The predicted molar refractivity (Wildman–Crippen MR) is 79.3 cm³/mol. The van der Waals surface area contributed by atoms with Gasteiger partial charge in [-0.25, -0.2) is 9.50 Å². The van der Waals surface area contributed by atoms with Crippen LogP contribution in [0.3, 0.4) is 0 Å². The molecule has 0 saturated carbocycles. The zero-order valence-corrected chi connectivity index (χ0v) is 12.2. The Kier molecular flexibility index (Phi) is 2.92. The van der Waals surface area contributed by atoms with Crippen LogP contribution in [0.25, 0.3) is 5.65 Å². The molecule has 3 aromatic heterocycles. The number of nitrogens with one attached hydrogen (secondary N) is 1. The molecule has 1 aliphatic carbocycles. The number of amides is 1. The summed E-state index contributed by atoms with van der Waals surface area (Å²) < 4.78 is 3.50. The van der Waals surface area contributed by atoms with Crippen LogP contribution in [0.1, 0.15) is 40.5 Å². The minimum absolute atomic E-state index is 0.00334. The number of aryl methyl sites for hydroxylation is 1. The van der Waals surface area contributed by atoms with Gasteiger partial charge >= 0.3 is 0 Å². The van der Waals surface area contributed by atoms with E-state index in [0.29, 0.717) is 11.2 Å². The van der Waals surface area contributed by atoms with Crippen molar-refractivity contribution in [1.82, 2.24) is 29.7 Å². The third kappa shape index (κ3) is 1.97. The summed E-state index contributed by atoms with van der Waals surface area (Å²) in [4.78, 5) is 16.8. The molecule has 0 aromatic carbocycles. The quantitative estimate of drug-likeness (QED) is 0.772.